The SMILES string of the molecule is C=CC(=O)CCCCCCCCCCOc1ccc(OC(=O)c2ccc(C#CC(=O)Oc3ccc(CCCC#CCCCCCCC)cc3)nc2)cc1. The van der Waals surface area contributed by atoms with E-state index in [0.717, 1.165) is 51.4 Å². The van der Waals surface area contributed by atoms with E-state index >= 15 is 0 Å². The molecule has 0 aliphatic carbocycles. The number of ketones is 1. The minimum atomic E-state index is -0.696. The van der Waals surface area contributed by atoms with Crippen LogP contribution in [0.15, 0.2) is 79.5 Å². The molecule has 3 rings (SSSR count). The van der Waals surface area contributed by atoms with Crippen LogP contribution in [-0.2, 0) is 16.0 Å². The smallest absolute Gasteiger partial charge is 0.390 e. The lowest BCUT2D eigenvalue weighted by Crippen LogP contribution is -2.09. The minimum Gasteiger partial charge on any atom is -0.494 e. The maximum Gasteiger partial charge on any atom is 0.390 e. The van der Waals surface area contributed by atoms with E-state index in [4.69, 9.17) is 14.2 Å². The monoisotopic (exact) mass is 717 g/mol. The van der Waals surface area contributed by atoms with E-state index < -0.39 is 11.9 Å². The number of pyridine rings is 1. The third-order valence-corrected chi connectivity index (χ3v) is 8.57. The van der Waals surface area contributed by atoms with E-state index in [1.54, 1.807) is 48.5 Å². The summed E-state index contributed by atoms with van der Waals surface area (Å²) in [5.74, 6) is 12.1. The van der Waals surface area contributed by atoms with Crippen LogP contribution in [0.5, 0.6) is 17.2 Å². The van der Waals surface area contributed by atoms with Crippen LogP contribution in [0.25, 0.3) is 0 Å². The van der Waals surface area contributed by atoms with E-state index in [2.05, 4.69) is 42.2 Å². The van der Waals surface area contributed by atoms with Crippen molar-refractivity contribution in [3.8, 4) is 40.9 Å². The molecule has 0 bridgehead atoms. The molecule has 53 heavy (non-hydrogen) atoms. The van der Waals surface area contributed by atoms with Gasteiger partial charge in [-0.15, -0.1) is 11.8 Å². The van der Waals surface area contributed by atoms with Crippen molar-refractivity contribution in [3.05, 3.63) is 96.3 Å². The second-order valence-electron chi connectivity index (χ2n) is 13.0. The fourth-order valence-electron chi connectivity index (χ4n) is 5.46. The van der Waals surface area contributed by atoms with Crippen molar-refractivity contribution in [1.29, 1.82) is 0 Å². The molecule has 0 N–H and O–H groups in total. The van der Waals surface area contributed by atoms with E-state index in [9.17, 15) is 14.4 Å². The molecule has 0 saturated carbocycles. The van der Waals surface area contributed by atoms with Crippen LogP contribution >= 0.6 is 0 Å². The first-order valence-corrected chi connectivity index (χ1v) is 19.3. The fraction of sp³-hybridized carbons (Fsp3) is 0.435. The number of carbonyl (C=O) groups excluding carboxylic acids is 3. The van der Waals surface area contributed by atoms with Gasteiger partial charge in [0.05, 0.1) is 12.2 Å². The number of carbonyl (C=O) groups is 3. The first-order valence-electron chi connectivity index (χ1n) is 19.3. The number of aromatic nitrogens is 1. The predicted molar refractivity (Wildman–Crippen MR) is 211 cm³/mol. The zero-order chi connectivity index (χ0) is 37.8. The van der Waals surface area contributed by atoms with Gasteiger partial charge in [0, 0.05) is 31.4 Å². The summed E-state index contributed by atoms with van der Waals surface area (Å²) in [7, 11) is 0. The molecule has 0 atom stereocenters. The minimum absolute atomic E-state index is 0.134. The number of aryl methyl sites for hydroxylation is 1. The molecule has 1 aromatic heterocycles. The number of allylic oxidation sites excluding steroid dienone is 1. The van der Waals surface area contributed by atoms with Gasteiger partial charge in [-0.2, -0.15) is 0 Å². The molecule has 0 aliphatic rings. The molecule has 0 saturated heterocycles. The van der Waals surface area contributed by atoms with Crippen molar-refractivity contribution < 1.29 is 28.6 Å². The van der Waals surface area contributed by atoms with Crippen LogP contribution in [0, 0.1) is 23.7 Å². The standard InChI is InChI=1S/C46H55NO6/c1-3-5-6-7-8-9-10-13-16-19-22-38-24-29-43(30-25-38)52-45(49)35-28-40-27-26-39(37-47-40)46(50)53-44-33-31-42(32-34-44)51-36-21-18-15-12-11-14-17-20-23-41(48)4-2/h4,24-27,29-34,37H,2-3,5-9,11-12,14-23,36H2,1H3. The van der Waals surface area contributed by atoms with Crippen LogP contribution in [0.3, 0.4) is 0 Å². The average Bonchev–Trinajstić information content (AvgIpc) is 3.18. The maximum atomic E-state index is 12.6. The third-order valence-electron chi connectivity index (χ3n) is 8.57. The van der Waals surface area contributed by atoms with Crippen molar-refractivity contribution in [2.24, 2.45) is 0 Å². The van der Waals surface area contributed by atoms with Gasteiger partial charge in [-0.3, -0.25) is 4.79 Å². The summed E-state index contributed by atoms with van der Waals surface area (Å²) in [4.78, 5) is 40.3. The quantitative estimate of drug-likeness (QED) is 0.0299. The molecule has 280 valence electrons. The Balaban J connectivity index is 1.28. The molecule has 7 heteroatoms. The topological polar surface area (TPSA) is 91.8 Å². The zero-order valence-corrected chi connectivity index (χ0v) is 31.5. The number of ether oxygens (including phenoxy) is 3. The Kier molecular flexibility index (Phi) is 21.2. The molecule has 1 heterocycles. The lowest BCUT2D eigenvalue weighted by Gasteiger charge is -2.08. The Morgan fingerprint density at radius 1 is 0.679 bits per heavy atom. The van der Waals surface area contributed by atoms with Gasteiger partial charge in [0.15, 0.2) is 5.78 Å². The number of benzene rings is 2. The van der Waals surface area contributed by atoms with Crippen LogP contribution < -0.4 is 14.2 Å². The van der Waals surface area contributed by atoms with Gasteiger partial charge in [-0.05, 0) is 98.2 Å². The van der Waals surface area contributed by atoms with E-state index in [1.807, 2.05) is 12.1 Å². The van der Waals surface area contributed by atoms with E-state index in [1.165, 1.54) is 75.6 Å². The number of unbranched alkanes of at least 4 members (excludes halogenated alkanes) is 13. The summed E-state index contributed by atoms with van der Waals surface area (Å²) >= 11 is 0. The van der Waals surface area contributed by atoms with Crippen LogP contribution in [-0.4, -0.2) is 29.3 Å². The molecule has 7 nitrogen and oxygen atoms in total. The number of nitrogens with zero attached hydrogens (tertiary/aromatic N) is 1. The molecule has 3 aromatic rings. The second-order valence-corrected chi connectivity index (χ2v) is 13.0. The third kappa shape index (κ3) is 19.3. The van der Waals surface area contributed by atoms with Gasteiger partial charge >= 0.3 is 11.9 Å². The van der Waals surface area contributed by atoms with Gasteiger partial charge in [-0.1, -0.05) is 89.8 Å². The van der Waals surface area contributed by atoms with E-state index in [0.29, 0.717) is 36.0 Å². The summed E-state index contributed by atoms with van der Waals surface area (Å²) in [6, 6.07) is 17.5. The van der Waals surface area contributed by atoms with Crippen molar-refractivity contribution in [2.75, 3.05) is 6.61 Å². The Labute approximate surface area is 316 Å². The first-order chi connectivity index (χ1) is 26.0. The highest BCUT2D eigenvalue weighted by atomic mass is 16.5. The summed E-state index contributed by atoms with van der Waals surface area (Å²) < 4.78 is 16.6. The summed E-state index contributed by atoms with van der Waals surface area (Å²) in [5.41, 5.74) is 1.74. The predicted octanol–water partition coefficient (Wildman–Crippen LogP) is 10.6. The highest BCUT2D eigenvalue weighted by Gasteiger charge is 2.10. The average molecular weight is 718 g/mol. The van der Waals surface area contributed by atoms with Crippen molar-refractivity contribution in [3.63, 3.8) is 0 Å². The highest BCUT2D eigenvalue weighted by Crippen LogP contribution is 2.20. The molecular formula is C46H55NO6. The lowest BCUT2D eigenvalue weighted by molar-refractivity contribution is -0.128. The molecule has 0 spiro atoms. The van der Waals surface area contributed by atoms with Crippen molar-refractivity contribution in [2.45, 2.75) is 122 Å². The Morgan fingerprint density at radius 3 is 1.96 bits per heavy atom. The number of hydrogen-bond donors (Lipinski definition) is 0. The maximum absolute atomic E-state index is 12.6. The molecule has 0 aliphatic heterocycles. The van der Waals surface area contributed by atoms with Crippen molar-refractivity contribution in [1.82, 2.24) is 4.98 Å². The molecule has 0 fully saturated rings. The largest absolute Gasteiger partial charge is 0.494 e. The molecule has 0 radical (unpaired) electrons. The van der Waals surface area contributed by atoms with Gasteiger partial charge in [0.2, 0.25) is 0 Å². The Morgan fingerprint density at radius 2 is 1.28 bits per heavy atom. The molecule has 0 unspecified atom stereocenters. The highest BCUT2D eigenvalue weighted by molar-refractivity contribution is 5.92. The molecule has 0 amide bonds. The van der Waals surface area contributed by atoms with Crippen LogP contribution in [0.2, 0.25) is 0 Å². The van der Waals surface area contributed by atoms with Crippen LogP contribution in [0.1, 0.15) is 138 Å². The Bertz CT molecular complexity index is 1650. The van der Waals surface area contributed by atoms with Crippen molar-refractivity contribution >= 4 is 17.7 Å². The summed E-state index contributed by atoms with van der Waals surface area (Å²) in [5, 5.41) is 0. The fourth-order valence-corrected chi connectivity index (χ4v) is 5.46. The Hall–Kier alpha value is -5.14. The summed E-state index contributed by atoms with van der Waals surface area (Å²) in [6.45, 7) is 6.36. The number of esters is 2. The van der Waals surface area contributed by atoms with E-state index in [-0.39, 0.29) is 11.3 Å². The molecular weight excluding hydrogens is 663 g/mol. The normalized spacial score (nSPS) is 10.3. The zero-order valence-electron chi connectivity index (χ0n) is 31.5. The second kappa shape index (κ2) is 26.6. The van der Waals surface area contributed by atoms with Gasteiger partial charge in [-0.25, -0.2) is 14.6 Å². The summed E-state index contributed by atoms with van der Waals surface area (Å²) in [6.07, 6.45) is 22.4. The van der Waals surface area contributed by atoms with Gasteiger partial charge < -0.3 is 14.2 Å². The molecule has 2 aromatic carbocycles. The number of rotatable bonds is 24. The first kappa shape index (κ1) is 42.3. The number of hydrogen-bond acceptors (Lipinski definition) is 7. The van der Waals surface area contributed by atoms with Crippen LogP contribution in [0.4, 0.5) is 0 Å². The van der Waals surface area contributed by atoms with Gasteiger partial charge in [0.25, 0.3) is 0 Å². The lowest BCUT2D eigenvalue weighted by atomic mass is 10.1. The van der Waals surface area contributed by atoms with Gasteiger partial charge in [0.1, 0.15) is 22.9 Å².